The average Bonchev–Trinajstić information content (AvgIpc) is 3.12. The number of anilines is 1. The van der Waals surface area contributed by atoms with Gasteiger partial charge < -0.3 is 10.1 Å². The second-order valence-electron chi connectivity index (χ2n) is 6.23. The molecule has 5 heteroatoms. The Balaban J connectivity index is 1.38. The molecule has 1 heterocycles. The summed E-state index contributed by atoms with van der Waals surface area (Å²) < 4.78 is 4.92. The first-order valence-electron chi connectivity index (χ1n) is 9.06. The van der Waals surface area contributed by atoms with Gasteiger partial charge in [-0.15, -0.1) is 0 Å². The highest BCUT2D eigenvalue weighted by atomic mass is 16.6. The highest BCUT2D eigenvalue weighted by Gasteiger charge is 2.23. The van der Waals surface area contributed by atoms with Crippen molar-refractivity contribution in [2.24, 2.45) is 0 Å². The Morgan fingerprint density at radius 1 is 1.11 bits per heavy atom. The molecule has 3 rings (SSSR count). The molecule has 1 aliphatic rings. The van der Waals surface area contributed by atoms with E-state index in [2.05, 4.69) is 29.3 Å². The molecule has 0 unspecified atom stereocenters. The topological polar surface area (TPSA) is 58.6 Å². The van der Waals surface area contributed by atoms with Crippen LogP contribution in [-0.4, -0.2) is 31.7 Å². The maximum absolute atomic E-state index is 11.8. The average molecular weight is 362 g/mol. The first-order chi connectivity index (χ1) is 13.2. The fourth-order valence-electron chi connectivity index (χ4n) is 2.83. The summed E-state index contributed by atoms with van der Waals surface area (Å²) >= 11 is 0. The standard InChI is InChI=1S/C22H22N2O3/c25-21(10-4-8-18-6-2-1-3-7-18)23-15-5-9-19-11-13-20(14-12-19)24-16-17-27-22(24)26/h1-3,6-7,11-14H,4,8,10,15-17H2,(H,23,25). The third kappa shape index (κ3) is 5.61. The van der Waals surface area contributed by atoms with E-state index < -0.39 is 0 Å². The minimum Gasteiger partial charge on any atom is -0.447 e. The summed E-state index contributed by atoms with van der Waals surface area (Å²) in [5.74, 6) is 5.98. The Labute approximate surface area is 159 Å². The molecule has 0 aliphatic carbocycles. The zero-order valence-electron chi connectivity index (χ0n) is 15.1. The van der Waals surface area contributed by atoms with Crippen molar-refractivity contribution < 1.29 is 14.3 Å². The van der Waals surface area contributed by atoms with Gasteiger partial charge in [0, 0.05) is 17.7 Å². The first kappa shape index (κ1) is 18.5. The molecule has 1 saturated heterocycles. The number of hydrogen-bond acceptors (Lipinski definition) is 3. The van der Waals surface area contributed by atoms with Crippen LogP contribution in [0.2, 0.25) is 0 Å². The number of cyclic esters (lactones) is 1. The smallest absolute Gasteiger partial charge is 0.414 e. The zero-order valence-corrected chi connectivity index (χ0v) is 15.1. The summed E-state index contributed by atoms with van der Waals surface area (Å²) in [5.41, 5.74) is 2.88. The summed E-state index contributed by atoms with van der Waals surface area (Å²) in [7, 11) is 0. The van der Waals surface area contributed by atoms with Gasteiger partial charge in [0.15, 0.2) is 0 Å². The molecule has 0 bridgehead atoms. The molecule has 0 aromatic heterocycles. The predicted molar refractivity (Wildman–Crippen MR) is 104 cm³/mol. The van der Waals surface area contributed by atoms with E-state index in [9.17, 15) is 9.59 Å². The number of benzene rings is 2. The summed E-state index contributed by atoms with van der Waals surface area (Å²) in [4.78, 5) is 25.0. The molecule has 0 radical (unpaired) electrons. The van der Waals surface area contributed by atoms with E-state index in [1.165, 1.54) is 5.56 Å². The number of aryl methyl sites for hydroxylation is 1. The number of amides is 2. The second kappa shape index (κ2) is 9.44. The lowest BCUT2D eigenvalue weighted by Gasteiger charge is -2.11. The summed E-state index contributed by atoms with van der Waals surface area (Å²) in [6.07, 6.45) is 1.90. The lowest BCUT2D eigenvalue weighted by molar-refractivity contribution is -0.120. The molecular weight excluding hydrogens is 340 g/mol. The van der Waals surface area contributed by atoms with Crippen molar-refractivity contribution in [2.45, 2.75) is 19.3 Å². The fourth-order valence-corrected chi connectivity index (χ4v) is 2.83. The van der Waals surface area contributed by atoms with Gasteiger partial charge in [0.05, 0.1) is 13.1 Å². The number of carbonyl (C=O) groups is 2. The van der Waals surface area contributed by atoms with Crippen molar-refractivity contribution in [1.29, 1.82) is 0 Å². The van der Waals surface area contributed by atoms with Crippen molar-refractivity contribution in [2.75, 3.05) is 24.6 Å². The molecule has 138 valence electrons. The molecule has 1 aliphatic heterocycles. The summed E-state index contributed by atoms with van der Waals surface area (Å²) in [6, 6.07) is 17.6. The van der Waals surface area contributed by atoms with Gasteiger partial charge in [0.2, 0.25) is 5.91 Å². The highest BCUT2D eigenvalue weighted by molar-refractivity contribution is 5.89. The fraction of sp³-hybridized carbons (Fsp3) is 0.273. The number of hydrogen-bond donors (Lipinski definition) is 1. The van der Waals surface area contributed by atoms with Gasteiger partial charge in [0.1, 0.15) is 6.61 Å². The minimum atomic E-state index is -0.316. The van der Waals surface area contributed by atoms with E-state index in [0.29, 0.717) is 26.1 Å². The molecule has 0 saturated carbocycles. The SMILES string of the molecule is O=C(CCCc1ccccc1)NCC#Cc1ccc(N2CCOC2=O)cc1. The van der Waals surface area contributed by atoms with Crippen LogP contribution < -0.4 is 10.2 Å². The number of nitrogens with zero attached hydrogens (tertiary/aromatic N) is 1. The Bertz CT molecular complexity index is 835. The van der Waals surface area contributed by atoms with E-state index in [1.54, 1.807) is 4.90 Å². The van der Waals surface area contributed by atoms with Gasteiger partial charge in [0.25, 0.3) is 0 Å². The van der Waals surface area contributed by atoms with Crippen LogP contribution in [-0.2, 0) is 16.0 Å². The van der Waals surface area contributed by atoms with Crippen molar-refractivity contribution in [3.8, 4) is 11.8 Å². The molecule has 2 amide bonds. The van der Waals surface area contributed by atoms with Gasteiger partial charge in [-0.05, 0) is 42.7 Å². The van der Waals surface area contributed by atoms with Gasteiger partial charge >= 0.3 is 6.09 Å². The number of carbonyl (C=O) groups excluding carboxylic acids is 2. The first-order valence-corrected chi connectivity index (χ1v) is 9.06. The zero-order chi connectivity index (χ0) is 18.9. The lowest BCUT2D eigenvalue weighted by Crippen LogP contribution is -2.23. The van der Waals surface area contributed by atoms with Crippen LogP contribution in [0.4, 0.5) is 10.5 Å². The second-order valence-corrected chi connectivity index (χ2v) is 6.23. The Hall–Kier alpha value is -3.26. The monoisotopic (exact) mass is 362 g/mol. The quantitative estimate of drug-likeness (QED) is 0.803. The van der Waals surface area contributed by atoms with Crippen LogP contribution in [0, 0.1) is 11.8 Å². The lowest BCUT2D eigenvalue weighted by atomic mass is 10.1. The van der Waals surface area contributed by atoms with Crippen LogP contribution in [0.3, 0.4) is 0 Å². The van der Waals surface area contributed by atoms with Crippen molar-refractivity contribution in [1.82, 2.24) is 5.32 Å². The maximum atomic E-state index is 11.8. The number of nitrogens with one attached hydrogen (secondary N) is 1. The van der Waals surface area contributed by atoms with Crippen LogP contribution in [0.15, 0.2) is 54.6 Å². The molecule has 2 aromatic carbocycles. The Morgan fingerprint density at radius 3 is 2.59 bits per heavy atom. The van der Waals surface area contributed by atoms with Crippen molar-refractivity contribution >= 4 is 17.7 Å². The van der Waals surface area contributed by atoms with E-state index in [0.717, 1.165) is 24.1 Å². The molecule has 0 atom stereocenters. The van der Waals surface area contributed by atoms with Crippen LogP contribution >= 0.6 is 0 Å². The molecule has 2 aromatic rings. The molecule has 1 N–H and O–H groups in total. The van der Waals surface area contributed by atoms with E-state index in [4.69, 9.17) is 4.74 Å². The summed E-state index contributed by atoms with van der Waals surface area (Å²) in [5, 5.41) is 2.82. The minimum absolute atomic E-state index is 0.0168. The Kier molecular flexibility index (Phi) is 6.48. The summed E-state index contributed by atoms with van der Waals surface area (Å²) in [6.45, 7) is 1.32. The Morgan fingerprint density at radius 2 is 1.89 bits per heavy atom. The molecule has 5 nitrogen and oxygen atoms in total. The molecular formula is C22H22N2O3. The molecule has 1 fully saturated rings. The molecule has 0 spiro atoms. The van der Waals surface area contributed by atoms with E-state index >= 15 is 0 Å². The number of ether oxygens (including phenoxy) is 1. The van der Waals surface area contributed by atoms with E-state index in [-0.39, 0.29) is 12.0 Å². The maximum Gasteiger partial charge on any atom is 0.414 e. The van der Waals surface area contributed by atoms with E-state index in [1.807, 2.05) is 42.5 Å². The predicted octanol–water partition coefficient (Wildman–Crippen LogP) is 3.13. The molecule has 27 heavy (non-hydrogen) atoms. The van der Waals surface area contributed by atoms with Gasteiger partial charge in [-0.25, -0.2) is 4.79 Å². The van der Waals surface area contributed by atoms with Crippen molar-refractivity contribution in [3.05, 3.63) is 65.7 Å². The van der Waals surface area contributed by atoms with Crippen LogP contribution in [0.25, 0.3) is 0 Å². The largest absolute Gasteiger partial charge is 0.447 e. The van der Waals surface area contributed by atoms with Crippen LogP contribution in [0.1, 0.15) is 24.0 Å². The van der Waals surface area contributed by atoms with Crippen LogP contribution in [0.5, 0.6) is 0 Å². The van der Waals surface area contributed by atoms with Gasteiger partial charge in [-0.1, -0.05) is 42.2 Å². The third-order valence-corrected chi connectivity index (χ3v) is 4.26. The highest BCUT2D eigenvalue weighted by Crippen LogP contribution is 2.18. The third-order valence-electron chi connectivity index (χ3n) is 4.26. The van der Waals surface area contributed by atoms with Gasteiger partial charge in [-0.3, -0.25) is 9.69 Å². The van der Waals surface area contributed by atoms with Crippen molar-refractivity contribution in [3.63, 3.8) is 0 Å². The normalized spacial score (nSPS) is 12.9. The number of rotatable bonds is 6. The van der Waals surface area contributed by atoms with Gasteiger partial charge in [-0.2, -0.15) is 0 Å².